The van der Waals surface area contributed by atoms with Crippen molar-refractivity contribution in [2.75, 3.05) is 23.7 Å². The van der Waals surface area contributed by atoms with Crippen LogP contribution >= 0.6 is 12.4 Å². The molecule has 1 aliphatic heterocycles. The van der Waals surface area contributed by atoms with Gasteiger partial charge in [-0.1, -0.05) is 0 Å². The molecule has 1 aliphatic carbocycles. The van der Waals surface area contributed by atoms with E-state index in [9.17, 15) is 4.79 Å². The lowest BCUT2D eigenvalue weighted by Gasteiger charge is -2.31. The van der Waals surface area contributed by atoms with Crippen molar-refractivity contribution in [2.24, 2.45) is 5.73 Å². The van der Waals surface area contributed by atoms with E-state index in [4.69, 9.17) is 16.0 Å². The van der Waals surface area contributed by atoms with Crippen LogP contribution in [0.3, 0.4) is 0 Å². The first-order chi connectivity index (χ1) is 16.6. The van der Waals surface area contributed by atoms with E-state index in [0.717, 1.165) is 29.8 Å². The molecule has 3 aromatic heterocycles. The van der Waals surface area contributed by atoms with E-state index in [1.165, 1.54) is 18.4 Å². The third-order valence-corrected chi connectivity index (χ3v) is 6.25. The average molecular weight is 491 g/mol. The van der Waals surface area contributed by atoms with Gasteiger partial charge in [-0.05, 0) is 67.5 Å². The summed E-state index contributed by atoms with van der Waals surface area (Å²) in [6.07, 6.45) is 9.27. The number of hydrogen-bond donors (Lipinski definition) is 3. The van der Waals surface area contributed by atoms with E-state index in [-0.39, 0.29) is 24.5 Å². The quantitative estimate of drug-likeness (QED) is 0.466. The molecule has 0 radical (unpaired) electrons. The van der Waals surface area contributed by atoms with Crippen molar-refractivity contribution >= 4 is 35.8 Å². The fourth-order valence-electron chi connectivity index (χ4n) is 4.25. The molecule has 180 valence electrons. The molecular weight excluding hydrogens is 464 g/mol. The van der Waals surface area contributed by atoms with Gasteiger partial charge in [0.15, 0.2) is 0 Å². The van der Waals surface area contributed by atoms with E-state index in [0.29, 0.717) is 36.2 Å². The number of primary amides is 1. The first-order valence-electron chi connectivity index (χ1n) is 11.5. The van der Waals surface area contributed by atoms with Crippen LogP contribution in [0.4, 0.5) is 22.1 Å². The smallest absolute Gasteiger partial charge is 0.314 e. The van der Waals surface area contributed by atoms with Crippen molar-refractivity contribution in [3.8, 4) is 17.3 Å². The second kappa shape index (κ2) is 10.6. The van der Waals surface area contributed by atoms with Crippen LogP contribution in [0, 0.1) is 11.3 Å². The Morgan fingerprint density at radius 3 is 2.60 bits per heavy atom. The maximum Gasteiger partial charge on any atom is 0.314 e. The van der Waals surface area contributed by atoms with Gasteiger partial charge in [-0.25, -0.2) is 14.8 Å². The minimum atomic E-state index is -0.359. The number of urea groups is 1. The molecule has 2 fully saturated rings. The van der Waals surface area contributed by atoms with Gasteiger partial charge in [-0.3, -0.25) is 4.98 Å². The zero-order valence-electron chi connectivity index (χ0n) is 19.1. The lowest BCUT2D eigenvalue weighted by molar-refractivity contribution is 0.193. The number of nitrogens with one attached hydrogen (secondary N) is 2. The van der Waals surface area contributed by atoms with Crippen molar-refractivity contribution in [1.29, 1.82) is 5.26 Å². The highest BCUT2D eigenvalue weighted by molar-refractivity contribution is 5.85. The minimum Gasteiger partial charge on any atom is -0.381 e. The number of rotatable bonds is 6. The highest BCUT2D eigenvalue weighted by Crippen LogP contribution is 2.42. The highest BCUT2D eigenvalue weighted by Gasteiger charge is 2.25. The fourth-order valence-corrected chi connectivity index (χ4v) is 4.25. The van der Waals surface area contributed by atoms with Gasteiger partial charge in [-0.15, -0.1) is 12.4 Å². The maximum absolute atomic E-state index is 11.4. The number of nitrogens with zero attached hydrogens (tertiary/aromatic N) is 5. The Balaban J connectivity index is 0.00000289. The van der Waals surface area contributed by atoms with E-state index in [2.05, 4.69) is 44.9 Å². The summed E-state index contributed by atoms with van der Waals surface area (Å²) in [5.74, 6) is 1.82. The summed E-state index contributed by atoms with van der Waals surface area (Å²) in [5.41, 5.74) is 9.85. The van der Waals surface area contributed by atoms with E-state index in [1.54, 1.807) is 23.2 Å². The van der Waals surface area contributed by atoms with Gasteiger partial charge < -0.3 is 21.3 Å². The first kappa shape index (κ1) is 24.2. The summed E-state index contributed by atoms with van der Waals surface area (Å²) in [7, 11) is 0. The van der Waals surface area contributed by atoms with Crippen LogP contribution in [0.2, 0.25) is 0 Å². The molecule has 4 heterocycles. The van der Waals surface area contributed by atoms with Crippen LogP contribution in [-0.4, -0.2) is 45.0 Å². The topological polar surface area (TPSA) is 133 Å². The highest BCUT2D eigenvalue weighted by atomic mass is 35.5. The second-order valence-electron chi connectivity index (χ2n) is 8.82. The summed E-state index contributed by atoms with van der Waals surface area (Å²) in [5, 5.41) is 16.0. The van der Waals surface area contributed by atoms with E-state index >= 15 is 0 Å². The molecule has 0 spiro atoms. The van der Waals surface area contributed by atoms with Crippen molar-refractivity contribution in [3.05, 3.63) is 60.0 Å². The Morgan fingerprint density at radius 1 is 1.09 bits per heavy atom. The molecule has 3 aromatic rings. The number of carbonyl (C=O) groups excluding carboxylic acids is 1. The number of nitriles is 1. The molecule has 0 bridgehead atoms. The van der Waals surface area contributed by atoms with Crippen LogP contribution in [0.5, 0.6) is 0 Å². The molecule has 2 amide bonds. The normalized spacial score (nSPS) is 15.6. The third kappa shape index (κ3) is 5.97. The predicted octanol–water partition coefficient (Wildman–Crippen LogP) is 4.41. The van der Waals surface area contributed by atoms with Gasteiger partial charge >= 0.3 is 6.03 Å². The van der Waals surface area contributed by atoms with Crippen LogP contribution in [0.25, 0.3) is 11.3 Å². The number of aromatic nitrogens is 3. The zero-order valence-corrected chi connectivity index (χ0v) is 20.0. The van der Waals surface area contributed by atoms with Gasteiger partial charge in [0.25, 0.3) is 0 Å². The van der Waals surface area contributed by atoms with Gasteiger partial charge in [-0.2, -0.15) is 5.26 Å². The Morgan fingerprint density at radius 2 is 1.89 bits per heavy atom. The fraction of sp³-hybridized carbons (Fsp3) is 0.320. The van der Waals surface area contributed by atoms with Crippen molar-refractivity contribution in [1.82, 2.24) is 19.9 Å². The largest absolute Gasteiger partial charge is 0.381 e. The molecule has 0 atom stereocenters. The van der Waals surface area contributed by atoms with E-state index < -0.39 is 0 Å². The Bertz CT molecular complexity index is 1250. The summed E-state index contributed by atoms with van der Waals surface area (Å²) in [6.45, 7) is 1.31. The molecule has 2 aliphatic rings. The molecule has 0 unspecified atom stereocenters. The summed E-state index contributed by atoms with van der Waals surface area (Å²) in [4.78, 5) is 26.6. The molecule has 35 heavy (non-hydrogen) atoms. The number of pyridine rings is 3. The number of likely N-dealkylation sites (tertiary alicyclic amines) is 1. The number of carbonyl (C=O) groups is 1. The number of halogens is 1. The number of anilines is 3. The van der Waals surface area contributed by atoms with Crippen LogP contribution in [0.1, 0.15) is 42.7 Å². The molecule has 9 nitrogen and oxygen atoms in total. The number of hydrogen-bond acceptors (Lipinski definition) is 7. The summed E-state index contributed by atoms with van der Waals surface area (Å²) in [6, 6.07) is 11.7. The summed E-state index contributed by atoms with van der Waals surface area (Å²) >= 11 is 0. The van der Waals surface area contributed by atoms with Crippen molar-refractivity contribution in [2.45, 2.75) is 37.6 Å². The van der Waals surface area contributed by atoms with E-state index in [1.807, 2.05) is 12.4 Å². The molecule has 10 heteroatoms. The monoisotopic (exact) mass is 490 g/mol. The zero-order chi connectivity index (χ0) is 23.5. The molecule has 1 saturated heterocycles. The number of piperidine rings is 1. The second-order valence-corrected chi connectivity index (χ2v) is 8.82. The van der Waals surface area contributed by atoms with Crippen molar-refractivity contribution < 1.29 is 4.79 Å². The lowest BCUT2D eigenvalue weighted by atomic mass is 10.0. The Kier molecular flexibility index (Phi) is 7.32. The predicted molar refractivity (Wildman–Crippen MR) is 137 cm³/mol. The molecule has 1 saturated carbocycles. The standard InChI is InChI=1S/C25H26N8O.ClH/c26-13-16-3-6-29-23(9-16)32-24-12-18(17-1-2-17)11-22(31-24)19-10-21(15-28-14-19)30-20-4-7-33(8-5-20)25(27)34;/h3,6,9-12,14-15,17,20,30H,1-2,4-5,7-8H2,(H2,27,34)(H,29,31,32);1H. The molecule has 5 rings (SSSR count). The van der Waals surface area contributed by atoms with Crippen LogP contribution in [-0.2, 0) is 0 Å². The lowest BCUT2D eigenvalue weighted by Crippen LogP contribution is -2.44. The van der Waals surface area contributed by atoms with Gasteiger partial charge in [0.05, 0.1) is 23.0 Å². The van der Waals surface area contributed by atoms with Gasteiger partial charge in [0, 0.05) is 43.3 Å². The SMILES string of the molecule is Cl.N#Cc1ccnc(Nc2cc(C3CC3)cc(-c3cncc(NC4CCN(C(N)=O)CC4)c3)n2)c1. The minimum absolute atomic E-state index is 0. The Hall–Kier alpha value is -3.90. The molecular formula is C25H27ClN8O. The van der Waals surface area contributed by atoms with Gasteiger partial charge in [0.1, 0.15) is 11.6 Å². The summed E-state index contributed by atoms with van der Waals surface area (Å²) < 4.78 is 0. The van der Waals surface area contributed by atoms with Crippen molar-refractivity contribution in [3.63, 3.8) is 0 Å². The third-order valence-electron chi connectivity index (χ3n) is 6.25. The molecule has 0 aromatic carbocycles. The Labute approximate surface area is 210 Å². The van der Waals surface area contributed by atoms with Crippen LogP contribution in [0.15, 0.2) is 48.9 Å². The average Bonchev–Trinajstić information content (AvgIpc) is 3.70. The number of nitrogens with two attached hydrogens (primary N) is 1. The maximum atomic E-state index is 11.4. The first-order valence-corrected chi connectivity index (χ1v) is 11.5. The van der Waals surface area contributed by atoms with Gasteiger partial charge in [0.2, 0.25) is 0 Å². The van der Waals surface area contributed by atoms with Crippen LogP contribution < -0.4 is 16.4 Å². The number of amides is 2. The molecule has 4 N–H and O–H groups in total.